The minimum Gasteiger partial charge on any atom is -0.504 e. The van der Waals surface area contributed by atoms with Crippen LogP contribution in [0.4, 0.5) is 0 Å². The van der Waals surface area contributed by atoms with Gasteiger partial charge in [-0.2, -0.15) is 5.10 Å². The molecule has 23 heavy (non-hydrogen) atoms. The van der Waals surface area contributed by atoms with E-state index in [1.165, 1.54) is 47.6 Å². The lowest BCUT2D eigenvalue weighted by molar-refractivity contribution is 0.0959. The third-order valence-electron chi connectivity index (χ3n) is 3.64. The van der Waals surface area contributed by atoms with Crippen LogP contribution < -0.4 is 10.2 Å². The number of carbonyl (C=O) groups excluding carboxylic acids is 1. The first kappa shape index (κ1) is 16.0. The number of rotatable bonds is 4. The molecule has 7 heteroatoms. The molecule has 0 aliphatic heterocycles. The molecule has 1 aromatic heterocycles. The monoisotopic (exact) mass is 394 g/mol. The maximum Gasteiger partial charge on any atom is 0.281 e. The highest BCUT2D eigenvalue weighted by molar-refractivity contribution is 9.10. The molecule has 0 saturated carbocycles. The van der Waals surface area contributed by atoms with Crippen molar-refractivity contribution in [2.45, 2.75) is 19.3 Å². The number of phenols is 1. The number of ether oxygens (including phenoxy) is 1. The lowest BCUT2D eigenvalue weighted by atomic mass is 10.2. The Morgan fingerprint density at radius 1 is 1.43 bits per heavy atom. The van der Waals surface area contributed by atoms with E-state index >= 15 is 0 Å². The third-order valence-corrected chi connectivity index (χ3v) is 5.56. The zero-order valence-electron chi connectivity index (χ0n) is 12.4. The molecule has 1 aliphatic carbocycles. The summed E-state index contributed by atoms with van der Waals surface area (Å²) in [6.45, 7) is 0. The molecular weight excluding hydrogens is 380 g/mol. The number of nitrogens with one attached hydrogen (secondary N) is 1. The van der Waals surface area contributed by atoms with Crippen molar-refractivity contribution in [3.63, 3.8) is 0 Å². The van der Waals surface area contributed by atoms with Crippen LogP contribution >= 0.6 is 27.3 Å². The number of carbonyl (C=O) groups is 1. The lowest BCUT2D eigenvalue weighted by Crippen LogP contribution is -2.16. The molecule has 0 saturated heterocycles. The average Bonchev–Trinajstić information content (AvgIpc) is 3.11. The van der Waals surface area contributed by atoms with Crippen LogP contribution in [-0.4, -0.2) is 24.3 Å². The van der Waals surface area contributed by atoms with Gasteiger partial charge in [0.15, 0.2) is 11.5 Å². The summed E-state index contributed by atoms with van der Waals surface area (Å²) < 4.78 is 5.73. The van der Waals surface area contributed by atoms with Crippen LogP contribution in [0.25, 0.3) is 0 Å². The summed E-state index contributed by atoms with van der Waals surface area (Å²) in [6.07, 6.45) is 4.77. The summed E-state index contributed by atoms with van der Waals surface area (Å²) in [5.41, 5.74) is 4.44. The van der Waals surface area contributed by atoms with E-state index in [1.54, 1.807) is 6.07 Å². The third kappa shape index (κ3) is 3.40. The van der Waals surface area contributed by atoms with Crippen LogP contribution in [0.5, 0.6) is 11.5 Å². The number of thiophene rings is 1. The Morgan fingerprint density at radius 3 is 3.00 bits per heavy atom. The zero-order chi connectivity index (χ0) is 16.4. The van der Waals surface area contributed by atoms with Gasteiger partial charge in [-0.25, -0.2) is 5.43 Å². The van der Waals surface area contributed by atoms with E-state index in [2.05, 4.69) is 26.5 Å². The van der Waals surface area contributed by atoms with Crippen LogP contribution in [0.15, 0.2) is 27.8 Å². The van der Waals surface area contributed by atoms with Gasteiger partial charge < -0.3 is 9.84 Å². The first-order valence-corrected chi connectivity index (χ1v) is 8.71. The number of benzene rings is 1. The molecule has 0 radical (unpaired) electrons. The number of halogens is 1. The molecule has 1 aromatic carbocycles. The van der Waals surface area contributed by atoms with Crippen molar-refractivity contribution in [1.82, 2.24) is 5.43 Å². The predicted molar refractivity (Wildman–Crippen MR) is 93.8 cm³/mol. The highest BCUT2D eigenvalue weighted by Gasteiger charge is 2.18. The number of aromatic hydroxyl groups is 1. The molecule has 0 atom stereocenters. The number of hydrazone groups is 1. The van der Waals surface area contributed by atoms with Gasteiger partial charge >= 0.3 is 0 Å². The molecule has 0 unspecified atom stereocenters. The maximum atomic E-state index is 12.1. The van der Waals surface area contributed by atoms with Crippen LogP contribution in [0, 0.1) is 0 Å². The minimum atomic E-state index is -0.213. The molecular formula is C16H15BrN2O3S. The van der Waals surface area contributed by atoms with Gasteiger partial charge in [-0.05, 0) is 59.0 Å². The van der Waals surface area contributed by atoms with Crippen molar-refractivity contribution >= 4 is 39.4 Å². The van der Waals surface area contributed by atoms with Crippen LogP contribution in [0.3, 0.4) is 0 Å². The van der Waals surface area contributed by atoms with Gasteiger partial charge in [0, 0.05) is 14.9 Å². The number of hydrogen-bond acceptors (Lipinski definition) is 5. The molecule has 5 nitrogen and oxygen atoms in total. The fraction of sp³-hybridized carbons (Fsp3) is 0.250. The first-order chi connectivity index (χ1) is 11.1. The van der Waals surface area contributed by atoms with Gasteiger partial charge in [0.25, 0.3) is 5.91 Å². The van der Waals surface area contributed by atoms with E-state index in [4.69, 9.17) is 4.74 Å². The van der Waals surface area contributed by atoms with Gasteiger partial charge in [-0.1, -0.05) is 0 Å². The quantitative estimate of drug-likeness (QED) is 0.615. The van der Waals surface area contributed by atoms with Crippen LogP contribution in [0.1, 0.15) is 32.1 Å². The topological polar surface area (TPSA) is 70.9 Å². The van der Waals surface area contributed by atoms with Crippen molar-refractivity contribution in [2.24, 2.45) is 5.10 Å². The zero-order valence-corrected chi connectivity index (χ0v) is 14.8. The smallest absolute Gasteiger partial charge is 0.281 e. The number of hydrogen-bond donors (Lipinski definition) is 2. The molecule has 2 aromatic rings. The Morgan fingerprint density at radius 2 is 2.26 bits per heavy atom. The van der Waals surface area contributed by atoms with E-state index in [-0.39, 0.29) is 11.7 Å². The van der Waals surface area contributed by atoms with E-state index in [0.717, 1.165) is 12.8 Å². The maximum absolute atomic E-state index is 12.1. The summed E-state index contributed by atoms with van der Waals surface area (Å²) in [6, 6.07) is 5.10. The highest BCUT2D eigenvalue weighted by atomic mass is 79.9. The molecule has 1 heterocycles. The number of methoxy groups -OCH3 is 1. The Labute approximate surface area is 146 Å². The van der Waals surface area contributed by atoms with E-state index in [0.29, 0.717) is 20.7 Å². The molecule has 3 rings (SSSR count). The number of fused-ring (bicyclic) bond motifs is 1. The largest absolute Gasteiger partial charge is 0.504 e. The van der Waals surface area contributed by atoms with Gasteiger partial charge in [-0.15, -0.1) is 11.3 Å². The van der Waals surface area contributed by atoms with Gasteiger partial charge in [0.1, 0.15) is 0 Å². The van der Waals surface area contributed by atoms with E-state index < -0.39 is 0 Å². The SMILES string of the molecule is COc1cc(Br)c(/C=N\NC(=O)c2cc3c(s2)CCC3)cc1O. The molecule has 120 valence electrons. The Balaban J connectivity index is 1.68. The molecule has 1 amide bonds. The average molecular weight is 395 g/mol. The number of aryl methyl sites for hydroxylation is 2. The fourth-order valence-corrected chi connectivity index (χ4v) is 4.05. The molecule has 1 aliphatic rings. The molecule has 0 bridgehead atoms. The minimum absolute atomic E-state index is 0.0122. The number of nitrogens with zero attached hydrogens (tertiary/aromatic N) is 1. The van der Waals surface area contributed by atoms with Gasteiger partial charge in [-0.3, -0.25) is 4.79 Å². The van der Waals surface area contributed by atoms with Crippen molar-refractivity contribution < 1.29 is 14.6 Å². The van der Waals surface area contributed by atoms with Crippen molar-refractivity contribution in [3.05, 3.63) is 43.6 Å². The van der Waals surface area contributed by atoms with E-state index in [9.17, 15) is 9.90 Å². The van der Waals surface area contributed by atoms with Crippen LogP contribution in [-0.2, 0) is 12.8 Å². The normalized spacial score (nSPS) is 13.3. The molecule has 2 N–H and O–H groups in total. The predicted octanol–water partition coefficient (Wildman–Crippen LogP) is 3.48. The first-order valence-electron chi connectivity index (χ1n) is 7.10. The van der Waals surface area contributed by atoms with Crippen molar-refractivity contribution in [1.29, 1.82) is 0 Å². The summed E-state index contributed by atoms with van der Waals surface area (Å²) >= 11 is 4.91. The molecule has 0 spiro atoms. The Bertz CT molecular complexity index is 764. The summed E-state index contributed by atoms with van der Waals surface area (Å²) in [4.78, 5) is 14.1. The number of phenolic OH excluding ortho intramolecular Hbond substituents is 1. The van der Waals surface area contributed by atoms with Gasteiger partial charge in [0.05, 0.1) is 18.2 Å². The standard InChI is InChI=1S/C16H15BrN2O3S/c1-22-13-7-11(17)10(5-12(13)20)8-18-19-16(21)15-6-9-3-2-4-14(9)23-15/h5-8,20H,2-4H2,1H3,(H,19,21)/b18-8-. The van der Waals surface area contributed by atoms with E-state index in [1.807, 2.05) is 6.07 Å². The van der Waals surface area contributed by atoms with Crippen molar-refractivity contribution in [3.8, 4) is 11.5 Å². The fourth-order valence-electron chi connectivity index (χ4n) is 2.48. The summed E-state index contributed by atoms with van der Waals surface area (Å²) in [5, 5.41) is 13.7. The second-order valence-corrected chi connectivity index (χ2v) is 7.15. The van der Waals surface area contributed by atoms with Crippen LogP contribution in [0.2, 0.25) is 0 Å². The summed E-state index contributed by atoms with van der Waals surface area (Å²) in [5.74, 6) is 0.166. The number of amides is 1. The summed E-state index contributed by atoms with van der Waals surface area (Å²) in [7, 11) is 1.48. The second-order valence-electron chi connectivity index (χ2n) is 5.16. The second kappa shape index (κ2) is 6.72. The Kier molecular flexibility index (Phi) is 4.68. The lowest BCUT2D eigenvalue weighted by Gasteiger charge is -2.06. The molecule has 0 fully saturated rings. The van der Waals surface area contributed by atoms with Crippen molar-refractivity contribution in [2.75, 3.05) is 7.11 Å². The Hall–Kier alpha value is -1.86. The van der Waals surface area contributed by atoms with Gasteiger partial charge in [0.2, 0.25) is 0 Å². The highest BCUT2D eigenvalue weighted by Crippen LogP contribution is 2.32.